The molecular formula is C15H17BrN2O3. The predicted octanol–water partition coefficient (Wildman–Crippen LogP) is 3.07. The minimum Gasteiger partial charge on any atom is -0.277 e. The number of nitrogens with zero attached hydrogens (tertiary/aromatic N) is 1. The maximum Gasteiger partial charge on any atom is 0.335 e. The van der Waals surface area contributed by atoms with Crippen LogP contribution in [0.4, 0.5) is 10.5 Å². The quantitative estimate of drug-likeness (QED) is 0.850. The number of halogens is 1. The van der Waals surface area contributed by atoms with Crippen LogP contribution in [-0.2, 0) is 9.59 Å². The van der Waals surface area contributed by atoms with Gasteiger partial charge in [-0.25, -0.2) is 9.69 Å². The van der Waals surface area contributed by atoms with Gasteiger partial charge in [-0.2, -0.15) is 0 Å². The van der Waals surface area contributed by atoms with E-state index in [1.54, 1.807) is 0 Å². The second-order valence-electron chi connectivity index (χ2n) is 5.20. The van der Waals surface area contributed by atoms with Crippen LogP contribution >= 0.6 is 15.9 Å². The van der Waals surface area contributed by atoms with Gasteiger partial charge in [-0.3, -0.25) is 14.9 Å². The number of amides is 4. The van der Waals surface area contributed by atoms with Gasteiger partial charge < -0.3 is 0 Å². The summed E-state index contributed by atoms with van der Waals surface area (Å²) >= 11 is 3.39. The Balaban J connectivity index is 2.49. The lowest BCUT2D eigenvalue weighted by Gasteiger charge is -2.32. The minimum absolute atomic E-state index is 0.434. The summed E-state index contributed by atoms with van der Waals surface area (Å²) in [5.74, 6) is -1.75. The zero-order valence-corrected chi connectivity index (χ0v) is 13.8. The normalized spacial score (nSPS) is 19.0. The van der Waals surface area contributed by atoms with Gasteiger partial charge in [0.15, 0.2) is 0 Å². The summed E-state index contributed by atoms with van der Waals surface area (Å²) in [4.78, 5) is 37.6. The number of imide groups is 2. The van der Waals surface area contributed by atoms with Crippen LogP contribution in [0.3, 0.4) is 0 Å². The monoisotopic (exact) mass is 352 g/mol. The first-order valence-electron chi connectivity index (χ1n) is 6.82. The van der Waals surface area contributed by atoms with Gasteiger partial charge in [-0.1, -0.05) is 29.3 Å². The molecule has 1 aromatic rings. The largest absolute Gasteiger partial charge is 0.335 e. The first-order chi connectivity index (χ1) is 9.86. The highest BCUT2D eigenvalue weighted by molar-refractivity contribution is 9.10. The van der Waals surface area contributed by atoms with Crippen LogP contribution < -0.4 is 10.2 Å². The Morgan fingerprint density at radius 3 is 2.29 bits per heavy atom. The zero-order chi connectivity index (χ0) is 15.7. The fourth-order valence-corrected chi connectivity index (χ4v) is 3.31. The van der Waals surface area contributed by atoms with E-state index < -0.39 is 23.8 Å². The second kappa shape index (κ2) is 5.97. The molecule has 21 heavy (non-hydrogen) atoms. The van der Waals surface area contributed by atoms with Gasteiger partial charge in [0.05, 0.1) is 5.69 Å². The number of urea groups is 1. The molecule has 5 nitrogen and oxygen atoms in total. The van der Waals surface area contributed by atoms with Gasteiger partial charge in [0.1, 0.15) is 5.92 Å². The molecule has 1 heterocycles. The molecule has 4 amide bonds. The lowest BCUT2D eigenvalue weighted by molar-refractivity contribution is -0.134. The van der Waals surface area contributed by atoms with Gasteiger partial charge >= 0.3 is 6.03 Å². The number of rotatable bonds is 3. The number of carbonyl (C=O) groups is 3. The van der Waals surface area contributed by atoms with Crippen molar-refractivity contribution in [3.63, 3.8) is 0 Å². The average molecular weight is 353 g/mol. The molecule has 1 unspecified atom stereocenters. The van der Waals surface area contributed by atoms with E-state index in [0.717, 1.165) is 20.5 Å². The van der Waals surface area contributed by atoms with E-state index in [-0.39, 0.29) is 0 Å². The molecule has 0 saturated carbocycles. The van der Waals surface area contributed by atoms with Crippen LogP contribution in [0.1, 0.15) is 30.9 Å². The Hall–Kier alpha value is -1.69. The number of anilines is 1. The SMILES string of the molecule is CCCC1C(=O)NC(=O)N(c2c(C)cc(Br)cc2C)C1=O. The molecule has 1 atom stereocenters. The molecule has 0 aliphatic carbocycles. The van der Waals surface area contributed by atoms with Gasteiger partial charge in [-0.15, -0.1) is 0 Å². The van der Waals surface area contributed by atoms with E-state index in [1.807, 2.05) is 32.9 Å². The van der Waals surface area contributed by atoms with E-state index in [9.17, 15) is 14.4 Å². The van der Waals surface area contributed by atoms with E-state index in [1.165, 1.54) is 0 Å². The van der Waals surface area contributed by atoms with E-state index in [2.05, 4.69) is 21.2 Å². The smallest absolute Gasteiger partial charge is 0.277 e. The molecule has 6 heteroatoms. The topological polar surface area (TPSA) is 66.5 Å². The highest BCUT2D eigenvalue weighted by Crippen LogP contribution is 2.31. The van der Waals surface area contributed by atoms with Crippen molar-refractivity contribution < 1.29 is 14.4 Å². The highest BCUT2D eigenvalue weighted by Gasteiger charge is 2.41. The summed E-state index contributed by atoms with van der Waals surface area (Å²) in [6, 6.07) is 3.01. The maximum atomic E-state index is 12.6. The summed E-state index contributed by atoms with van der Waals surface area (Å²) < 4.78 is 0.882. The first-order valence-corrected chi connectivity index (χ1v) is 7.61. The van der Waals surface area contributed by atoms with Crippen molar-refractivity contribution in [1.29, 1.82) is 0 Å². The molecular weight excluding hydrogens is 336 g/mol. The Bertz CT molecular complexity index is 604. The van der Waals surface area contributed by atoms with Crippen LogP contribution in [0, 0.1) is 19.8 Å². The molecule has 112 valence electrons. The Morgan fingerprint density at radius 2 is 1.76 bits per heavy atom. The van der Waals surface area contributed by atoms with Crippen molar-refractivity contribution in [2.75, 3.05) is 4.90 Å². The second-order valence-corrected chi connectivity index (χ2v) is 6.11. The zero-order valence-electron chi connectivity index (χ0n) is 12.2. The minimum atomic E-state index is -0.796. The highest BCUT2D eigenvalue weighted by atomic mass is 79.9. The fraction of sp³-hybridized carbons (Fsp3) is 0.400. The number of hydrogen-bond acceptors (Lipinski definition) is 3. The van der Waals surface area contributed by atoms with Crippen molar-refractivity contribution in [2.24, 2.45) is 5.92 Å². The third-order valence-corrected chi connectivity index (χ3v) is 3.98. The van der Waals surface area contributed by atoms with Crippen molar-refractivity contribution in [2.45, 2.75) is 33.6 Å². The van der Waals surface area contributed by atoms with Gasteiger partial charge in [0.25, 0.3) is 0 Å². The molecule has 1 N–H and O–H groups in total. The maximum absolute atomic E-state index is 12.6. The summed E-state index contributed by atoms with van der Waals surface area (Å²) in [6.45, 7) is 5.56. The number of carbonyl (C=O) groups excluding carboxylic acids is 3. The third kappa shape index (κ3) is 2.85. The van der Waals surface area contributed by atoms with Crippen molar-refractivity contribution in [3.8, 4) is 0 Å². The molecule has 0 spiro atoms. The fourth-order valence-electron chi connectivity index (χ4n) is 2.63. The van der Waals surface area contributed by atoms with Crippen LogP contribution in [0.5, 0.6) is 0 Å². The number of benzene rings is 1. The van der Waals surface area contributed by atoms with Crippen molar-refractivity contribution in [1.82, 2.24) is 5.32 Å². The summed E-state index contributed by atoms with van der Waals surface area (Å²) in [5.41, 5.74) is 2.15. The van der Waals surface area contributed by atoms with Crippen LogP contribution in [0.25, 0.3) is 0 Å². The van der Waals surface area contributed by atoms with Gasteiger partial charge in [0, 0.05) is 4.47 Å². The van der Waals surface area contributed by atoms with Crippen LogP contribution in [0.15, 0.2) is 16.6 Å². The molecule has 1 aliphatic heterocycles. The van der Waals surface area contributed by atoms with Gasteiger partial charge in [0.2, 0.25) is 11.8 Å². The lowest BCUT2D eigenvalue weighted by atomic mass is 9.97. The number of aryl methyl sites for hydroxylation is 2. The van der Waals surface area contributed by atoms with Crippen molar-refractivity contribution >= 4 is 39.5 Å². The third-order valence-electron chi connectivity index (χ3n) is 3.52. The molecule has 0 aromatic heterocycles. The molecule has 1 aliphatic rings. The molecule has 0 bridgehead atoms. The average Bonchev–Trinajstić information content (AvgIpc) is 2.37. The van der Waals surface area contributed by atoms with Crippen LogP contribution in [0.2, 0.25) is 0 Å². The molecule has 2 rings (SSSR count). The van der Waals surface area contributed by atoms with E-state index in [4.69, 9.17) is 0 Å². The number of barbiturate groups is 1. The first kappa shape index (κ1) is 15.7. The summed E-state index contributed by atoms with van der Waals surface area (Å²) in [7, 11) is 0. The predicted molar refractivity (Wildman–Crippen MR) is 83.0 cm³/mol. The summed E-state index contributed by atoms with van der Waals surface area (Å²) in [6.07, 6.45) is 1.13. The van der Waals surface area contributed by atoms with E-state index >= 15 is 0 Å². The van der Waals surface area contributed by atoms with E-state index in [0.29, 0.717) is 18.5 Å². The molecule has 1 fully saturated rings. The number of nitrogens with one attached hydrogen (secondary N) is 1. The van der Waals surface area contributed by atoms with Crippen molar-refractivity contribution in [3.05, 3.63) is 27.7 Å². The lowest BCUT2D eigenvalue weighted by Crippen LogP contribution is -2.58. The number of hydrogen-bond donors (Lipinski definition) is 1. The van der Waals surface area contributed by atoms with Gasteiger partial charge in [-0.05, 0) is 43.5 Å². The Kier molecular flexibility index (Phi) is 4.46. The molecule has 1 saturated heterocycles. The standard InChI is InChI=1S/C15H17BrN2O3/c1-4-5-11-13(19)17-15(21)18(14(11)20)12-8(2)6-10(16)7-9(12)3/h6-7,11H,4-5H2,1-3H3,(H,17,19,21). The summed E-state index contributed by atoms with van der Waals surface area (Å²) in [5, 5.41) is 2.28. The molecule has 0 radical (unpaired) electrons. The Morgan fingerprint density at radius 1 is 1.19 bits per heavy atom. The molecule has 1 aromatic carbocycles. The Labute approximate surface area is 131 Å². The van der Waals surface area contributed by atoms with Crippen LogP contribution in [-0.4, -0.2) is 17.8 Å².